The first-order valence-electron chi connectivity index (χ1n) is 4.70. The van der Waals surface area contributed by atoms with Gasteiger partial charge in [0.2, 0.25) is 5.78 Å². The summed E-state index contributed by atoms with van der Waals surface area (Å²) in [6.07, 6.45) is 0. The smallest absolute Gasteiger partial charge is 0.315 e. The molecule has 0 amide bonds. The Morgan fingerprint density at radius 1 is 1.19 bits per heavy atom. The van der Waals surface area contributed by atoms with Crippen LogP contribution in [0.5, 0.6) is 0 Å². The lowest BCUT2D eigenvalue weighted by Crippen LogP contribution is -2.20. The van der Waals surface area contributed by atoms with Crippen molar-refractivity contribution in [1.82, 2.24) is 0 Å². The molecule has 86 valence electrons. The Hall–Kier alpha value is -1.65. The second-order valence-electron chi connectivity index (χ2n) is 3.00. The number of Topliss-reactive ketones (excluding diaryl/α,β-unsaturated/α-hetero) is 1. The van der Waals surface area contributed by atoms with E-state index in [0.717, 1.165) is 0 Å². The topological polar surface area (TPSA) is 44.8 Å². The van der Waals surface area contributed by atoms with Gasteiger partial charge in [-0.05, 0) is 0 Å². The van der Waals surface area contributed by atoms with Crippen LogP contribution in [0.15, 0.2) is 42.7 Å². The number of hydrogen-bond donors (Lipinski definition) is 0. The highest BCUT2D eigenvalue weighted by Crippen LogP contribution is 2.10. The van der Waals surface area contributed by atoms with Crippen molar-refractivity contribution in [3.8, 4) is 0 Å². The first kappa shape index (κ1) is 12.4. The summed E-state index contributed by atoms with van der Waals surface area (Å²) in [5.74, 6) is -0.306. The summed E-state index contributed by atoms with van der Waals surface area (Å²) in [6.45, 7) is 2.62. The Balaban J connectivity index is 2.65. The third-order valence-electron chi connectivity index (χ3n) is 1.91. The molecule has 0 aliphatic heterocycles. The van der Waals surface area contributed by atoms with Crippen molar-refractivity contribution in [1.29, 1.82) is 0 Å². The normalized spacial score (nSPS) is 10.2. The van der Waals surface area contributed by atoms with Gasteiger partial charge >= 0.3 is 6.48 Å². The van der Waals surface area contributed by atoms with E-state index in [1.807, 2.05) is 6.07 Å². The van der Waals surface area contributed by atoms with E-state index in [0.29, 0.717) is 5.56 Å². The number of allylic oxidation sites excluding steroid dienone is 1. The molecule has 0 N–H and O–H groups in total. The second-order valence-corrected chi connectivity index (χ2v) is 3.00. The molecule has 1 rings (SSSR count). The van der Waals surface area contributed by atoms with Crippen LogP contribution in [0.25, 0.3) is 0 Å². The minimum atomic E-state index is -0.917. The molecule has 1 aromatic rings. The predicted molar refractivity (Wildman–Crippen MR) is 58.8 cm³/mol. The molecule has 4 nitrogen and oxygen atoms in total. The Labute approximate surface area is 94.4 Å². The van der Waals surface area contributed by atoms with Gasteiger partial charge in [-0.2, -0.15) is 0 Å². The molecule has 0 spiro atoms. The van der Waals surface area contributed by atoms with Crippen molar-refractivity contribution in [2.45, 2.75) is 6.48 Å². The Bertz CT molecular complexity index is 355. The quantitative estimate of drug-likeness (QED) is 0.319. The first-order valence-corrected chi connectivity index (χ1v) is 4.70. The fraction of sp³-hybridized carbons (Fsp3) is 0.250. The van der Waals surface area contributed by atoms with E-state index < -0.39 is 6.48 Å². The van der Waals surface area contributed by atoms with E-state index in [1.165, 1.54) is 14.2 Å². The molecular formula is C12H14O4. The van der Waals surface area contributed by atoms with Crippen LogP contribution in [0.2, 0.25) is 0 Å². The fourth-order valence-electron chi connectivity index (χ4n) is 1.11. The lowest BCUT2D eigenvalue weighted by molar-refractivity contribution is -0.244. The van der Waals surface area contributed by atoms with Gasteiger partial charge in [-0.3, -0.25) is 4.79 Å². The molecular weight excluding hydrogens is 208 g/mol. The van der Waals surface area contributed by atoms with Gasteiger partial charge in [0.1, 0.15) is 0 Å². The van der Waals surface area contributed by atoms with Crippen molar-refractivity contribution in [2.75, 3.05) is 14.2 Å². The third-order valence-corrected chi connectivity index (χ3v) is 1.91. The van der Waals surface area contributed by atoms with Crippen LogP contribution in [-0.2, 0) is 14.2 Å². The molecule has 16 heavy (non-hydrogen) atoms. The van der Waals surface area contributed by atoms with Crippen LogP contribution >= 0.6 is 0 Å². The van der Waals surface area contributed by atoms with Gasteiger partial charge in [0, 0.05) is 19.8 Å². The number of carbonyl (C=O) groups is 1. The molecule has 0 atom stereocenters. The lowest BCUT2D eigenvalue weighted by Gasteiger charge is -2.15. The zero-order valence-corrected chi connectivity index (χ0v) is 9.30. The second kappa shape index (κ2) is 6.05. The number of benzene rings is 1. The average molecular weight is 222 g/mol. The summed E-state index contributed by atoms with van der Waals surface area (Å²) in [5, 5.41) is 0. The largest absolute Gasteiger partial charge is 0.438 e. The highest BCUT2D eigenvalue weighted by molar-refractivity contribution is 6.06. The Morgan fingerprint density at radius 3 is 2.25 bits per heavy atom. The maximum Gasteiger partial charge on any atom is 0.315 e. The van der Waals surface area contributed by atoms with Gasteiger partial charge in [0.05, 0.1) is 0 Å². The SMILES string of the molecule is C=C(OC(OC)OC)C(=O)c1ccccc1. The van der Waals surface area contributed by atoms with Crippen LogP contribution < -0.4 is 0 Å². The van der Waals surface area contributed by atoms with E-state index >= 15 is 0 Å². The van der Waals surface area contributed by atoms with Crippen LogP contribution in [-0.4, -0.2) is 26.5 Å². The van der Waals surface area contributed by atoms with E-state index in [1.54, 1.807) is 24.3 Å². The third kappa shape index (κ3) is 3.18. The van der Waals surface area contributed by atoms with Crippen LogP contribution in [0.4, 0.5) is 0 Å². The zero-order valence-electron chi connectivity index (χ0n) is 9.30. The maximum absolute atomic E-state index is 11.8. The average Bonchev–Trinajstić information content (AvgIpc) is 2.35. The van der Waals surface area contributed by atoms with Crippen LogP contribution in [0, 0.1) is 0 Å². The number of rotatable bonds is 6. The molecule has 4 heteroatoms. The van der Waals surface area contributed by atoms with Gasteiger partial charge in [-0.1, -0.05) is 36.9 Å². The van der Waals surface area contributed by atoms with E-state index in [2.05, 4.69) is 6.58 Å². The zero-order chi connectivity index (χ0) is 12.0. The number of hydrogen-bond acceptors (Lipinski definition) is 4. The van der Waals surface area contributed by atoms with Gasteiger partial charge in [-0.15, -0.1) is 0 Å². The van der Waals surface area contributed by atoms with Crippen LogP contribution in [0.1, 0.15) is 10.4 Å². The van der Waals surface area contributed by atoms with Crippen LogP contribution in [0.3, 0.4) is 0 Å². The van der Waals surface area contributed by atoms with Crippen molar-refractivity contribution < 1.29 is 19.0 Å². The standard InChI is InChI=1S/C12H14O4/c1-9(16-12(14-2)15-3)11(13)10-7-5-4-6-8-10/h4-8,12H,1H2,2-3H3. The molecule has 0 unspecified atom stereocenters. The molecule has 0 radical (unpaired) electrons. The minimum Gasteiger partial charge on any atom is -0.438 e. The number of carbonyl (C=O) groups excluding carboxylic acids is 1. The number of ether oxygens (including phenoxy) is 3. The van der Waals surface area contributed by atoms with E-state index in [4.69, 9.17) is 14.2 Å². The molecule has 0 bridgehead atoms. The van der Waals surface area contributed by atoms with Gasteiger partial charge in [0.25, 0.3) is 0 Å². The van der Waals surface area contributed by atoms with Gasteiger partial charge in [0.15, 0.2) is 5.76 Å². The molecule has 0 saturated heterocycles. The maximum atomic E-state index is 11.8. The highest BCUT2D eigenvalue weighted by atomic mass is 16.8. The van der Waals surface area contributed by atoms with Crippen molar-refractivity contribution in [2.24, 2.45) is 0 Å². The molecule has 1 aromatic carbocycles. The fourth-order valence-corrected chi connectivity index (χ4v) is 1.11. The predicted octanol–water partition coefficient (Wildman–Crippen LogP) is 1.98. The number of methoxy groups -OCH3 is 2. The van der Waals surface area contributed by atoms with Crippen molar-refractivity contribution in [3.05, 3.63) is 48.2 Å². The molecule has 0 saturated carbocycles. The minimum absolute atomic E-state index is 0.0140. The summed E-state index contributed by atoms with van der Waals surface area (Å²) in [5.41, 5.74) is 0.512. The summed E-state index contributed by atoms with van der Waals surface area (Å²) >= 11 is 0. The summed E-state index contributed by atoms with van der Waals surface area (Å²) in [7, 11) is 2.82. The first-order chi connectivity index (χ1) is 7.69. The van der Waals surface area contributed by atoms with Gasteiger partial charge < -0.3 is 14.2 Å². The highest BCUT2D eigenvalue weighted by Gasteiger charge is 2.15. The van der Waals surface area contributed by atoms with Gasteiger partial charge in [-0.25, -0.2) is 0 Å². The summed E-state index contributed by atoms with van der Waals surface area (Å²) < 4.78 is 14.7. The summed E-state index contributed by atoms with van der Waals surface area (Å²) in [4.78, 5) is 11.8. The van der Waals surface area contributed by atoms with E-state index in [-0.39, 0.29) is 11.5 Å². The molecule has 0 aromatic heterocycles. The Morgan fingerprint density at radius 2 is 1.75 bits per heavy atom. The lowest BCUT2D eigenvalue weighted by atomic mass is 10.1. The number of ketones is 1. The van der Waals surface area contributed by atoms with E-state index in [9.17, 15) is 4.79 Å². The van der Waals surface area contributed by atoms with Crippen molar-refractivity contribution in [3.63, 3.8) is 0 Å². The Kier molecular flexibility index (Phi) is 4.69. The monoisotopic (exact) mass is 222 g/mol. The summed E-state index contributed by atoms with van der Waals surface area (Å²) in [6, 6.07) is 8.74. The molecule has 0 fully saturated rings. The van der Waals surface area contributed by atoms with Crippen molar-refractivity contribution >= 4 is 5.78 Å². The molecule has 0 heterocycles. The molecule has 0 aliphatic rings. The molecule has 0 aliphatic carbocycles.